The minimum atomic E-state index is -0.570. The third-order valence-corrected chi connectivity index (χ3v) is 5.37. The summed E-state index contributed by atoms with van der Waals surface area (Å²) in [5.41, 5.74) is 0.499. The van der Waals surface area contributed by atoms with Crippen molar-refractivity contribution in [2.45, 2.75) is 26.2 Å². The number of amides is 3. The van der Waals surface area contributed by atoms with Gasteiger partial charge < -0.3 is 10.1 Å². The zero-order chi connectivity index (χ0) is 20.4. The lowest BCUT2D eigenvalue weighted by Gasteiger charge is -2.12. The fourth-order valence-electron chi connectivity index (χ4n) is 2.73. The monoisotopic (exact) mass is 402 g/mol. The molecule has 0 unspecified atom stereocenters. The number of ether oxygens (including phenoxy) is 1. The summed E-state index contributed by atoms with van der Waals surface area (Å²) in [5, 5.41) is 2.87. The minimum absolute atomic E-state index is 0.0306. The van der Waals surface area contributed by atoms with Crippen molar-refractivity contribution in [2.75, 3.05) is 19.0 Å². The van der Waals surface area contributed by atoms with Crippen LogP contribution in [0.25, 0.3) is 0 Å². The summed E-state index contributed by atoms with van der Waals surface area (Å²) in [7, 11) is 1.26. The molecule has 0 spiro atoms. The Morgan fingerprint density at radius 2 is 2.04 bits per heavy atom. The number of hydrogen-bond donors (Lipinski definition) is 1. The Bertz CT molecular complexity index is 934. The molecule has 0 radical (unpaired) electrons. The van der Waals surface area contributed by atoms with E-state index in [1.165, 1.54) is 30.7 Å². The van der Waals surface area contributed by atoms with Crippen molar-refractivity contribution in [3.8, 4) is 0 Å². The first-order valence-electron chi connectivity index (χ1n) is 8.53. The average Bonchev–Trinajstić information content (AvgIpc) is 3.20. The summed E-state index contributed by atoms with van der Waals surface area (Å²) in [6.07, 6.45) is 1.34. The molecular weight excluding hydrogens is 384 g/mol. The number of nitrogens with one attached hydrogen (secondary N) is 1. The molecule has 3 amide bonds. The predicted molar refractivity (Wildman–Crippen MR) is 100 cm³/mol. The van der Waals surface area contributed by atoms with Crippen LogP contribution in [0.4, 0.5) is 5.13 Å². The maximum Gasteiger partial charge on any atom is 0.357 e. The Morgan fingerprint density at radius 1 is 1.29 bits per heavy atom. The number of rotatable bonds is 6. The topological polar surface area (TPSA) is 119 Å². The summed E-state index contributed by atoms with van der Waals surface area (Å²) < 4.78 is 4.72. The van der Waals surface area contributed by atoms with Gasteiger partial charge in [0.25, 0.3) is 11.8 Å². The van der Waals surface area contributed by atoms with Gasteiger partial charge in [0.15, 0.2) is 10.8 Å². The highest BCUT2D eigenvalue weighted by molar-refractivity contribution is 7.16. The Hall–Kier alpha value is -3.14. The highest BCUT2D eigenvalue weighted by atomic mass is 32.1. The predicted octanol–water partition coefficient (Wildman–Crippen LogP) is 2.07. The maximum absolute atomic E-state index is 12.3. The first-order valence-corrected chi connectivity index (χ1v) is 9.35. The van der Waals surface area contributed by atoms with Gasteiger partial charge in [-0.15, -0.1) is 11.3 Å². The average molecular weight is 402 g/mol. The standard InChI is InChI=1S/C18H18N4O5S/c1-9(2)14-13(17(26)27-3)21-18(28-14)20-11(23)6-8-22-15(24)10-5-4-7-19-12(10)16(22)25/h4-5,7,9H,6,8H2,1-3H3,(H,20,21,23). The summed E-state index contributed by atoms with van der Waals surface area (Å²) in [5.74, 6) is -1.95. The van der Waals surface area contributed by atoms with Crippen LogP contribution in [0.5, 0.6) is 0 Å². The molecule has 0 saturated heterocycles. The molecule has 9 nitrogen and oxygen atoms in total. The number of aromatic nitrogens is 2. The molecule has 0 fully saturated rings. The minimum Gasteiger partial charge on any atom is -0.464 e. The molecule has 146 valence electrons. The molecule has 28 heavy (non-hydrogen) atoms. The smallest absolute Gasteiger partial charge is 0.357 e. The van der Waals surface area contributed by atoms with Gasteiger partial charge in [-0.3, -0.25) is 24.3 Å². The quantitative estimate of drug-likeness (QED) is 0.580. The molecule has 1 aliphatic rings. The fourth-order valence-corrected chi connectivity index (χ4v) is 3.70. The van der Waals surface area contributed by atoms with Crippen molar-refractivity contribution in [1.29, 1.82) is 0 Å². The normalized spacial score (nSPS) is 13.1. The lowest BCUT2D eigenvalue weighted by atomic mass is 10.1. The van der Waals surface area contributed by atoms with E-state index in [-0.39, 0.29) is 41.0 Å². The molecule has 0 aliphatic carbocycles. The SMILES string of the molecule is COC(=O)c1nc(NC(=O)CCN2C(=O)c3cccnc3C2=O)sc1C(C)C. The largest absolute Gasteiger partial charge is 0.464 e. The van der Waals surface area contributed by atoms with E-state index in [0.717, 1.165) is 4.90 Å². The van der Waals surface area contributed by atoms with Gasteiger partial charge in [0.1, 0.15) is 5.69 Å². The van der Waals surface area contributed by atoms with E-state index in [1.807, 2.05) is 13.8 Å². The zero-order valence-electron chi connectivity index (χ0n) is 15.5. The summed E-state index contributed by atoms with van der Waals surface area (Å²) in [6, 6.07) is 3.11. The van der Waals surface area contributed by atoms with Crippen LogP contribution >= 0.6 is 11.3 Å². The fraction of sp³-hybridized carbons (Fsp3) is 0.333. The molecule has 0 bridgehead atoms. The van der Waals surface area contributed by atoms with Gasteiger partial charge >= 0.3 is 5.97 Å². The number of pyridine rings is 1. The number of thiazole rings is 1. The Kier molecular flexibility index (Phi) is 5.50. The highest BCUT2D eigenvalue weighted by Crippen LogP contribution is 2.30. The molecule has 3 rings (SSSR count). The Morgan fingerprint density at radius 3 is 2.68 bits per heavy atom. The lowest BCUT2D eigenvalue weighted by Crippen LogP contribution is -2.33. The van der Waals surface area contributed by atoms with Gasteiger partial charge in [0.05, 0.1) is 12.7 Å². The molecule has 0 aromatic carbocycles. The van der Waals surface area contributed by atoms with E-state index < -0.39 is 23.7 Å². The van der Waals surface area contributed by atoms with Crippen LogP contribution in [0.15, 0.2) is 18.3 Å². The molecular formula is C18H18N4O5S. The molecule has 2 aromatic heterocycles. The van der Waals surface area contributed by atoms with E-state index in [9.17, 15) is 19.2 Å². The third kappa shape index (κ3) is 3.63. The van der Waals surface area contributed by atoms with Gasteiger partial charge in [-0.2, -0.15) is 0 Å². The Labute approximate surface area is 164 Å². The second-order valence-electron chi connectivity index (χ2n) is 6.34. The number of hydrogen-bond acceptors (Lipinski definition) is 8. The van der Waals surface area contributed by atoms with Gasteiger partial charge in [-0.25, -0.2) is 9.78 Å². The number of methoxy groups -OCH3 is 1. The molecule has 0 saturated carbocycles. The van der Waals surface area contributed by atoms with Gasteiger partial charge in [0, 0.05) is 24.0 Å². The molecule has 1 aliphatic heterocycles. The van der Waals surface area contributed by atoms with Gasteiger partial charge in [-0.1, -0.05) is 13.8 Å². The van der Waals surface area contributed by atoms with E-state index in [1.54, 1.807) is 6.07 Å². The Balaban J connectivity index is 1.65. The molecule has 10 heteroatoms. The number of esters is 1. The number of fused-ring (bicyclic) bond motifs is 1. The van der Waals surface area contributed by atoms with Crippen LogP contribution in [0.1, 0.15) is 62.4 Å². The summed E-state index contributed by atoms with van der Waals surface area (Å²) >= 11 is 1.19. The van der Waals surface area contributed by atoms with E-state index in [0.29, 0.717) is 4.88 Å². The second-order valence-corrected chi connectivity index (χ2v) is 7.37. The zero-order valence-corrected chi connectivity index (χ0v) is 16.3. The van der Waals surface area contributed by atoms with Crippen molar-refractivity contribution >= 4 is 40.2 Å². The van der Waals surface area contributed by atoms with Crippen LogP contribution in [0, 0.1) is 0 Å². The van der Waals surface area contributed by atoms with Crippen LogP contribution in [0.2, 0.25) is 0 Å². The van der Waals surface area contributed by atoms with Crippen LogP contribution in [-0.4, -0.2) is 52.2 Å². The summed E-state index contributed by atoms with van der Waals surface area (Å²) in [6.45, 7) is 3.73. The van der Waals surface area contributed by atoms with E-state index in [4.69, 9.17) is 4.74 Å². The first kappa shape index (κ1) is 19.6. The van der Waals surface area contributed by atoms with Crippen LogP contribution in [0.3, 0.4) is 0 Å². The number of anilines is 1. The number of carbonyl (C=O) groups excluding carboxylic acids is 4. The third-order valence-electron chi connectivity index (χ3n) is 4.10. The highest BCUT2D eigenvalue weighted by Gasteiger charge is 2.36. The molecule has 0 atom stereocenters. The number of carbonyl (C=O) groups is 4. The van der Waals surface area contributed by atoms with Crippen molar-refractivity contribution < 1.29 is 23.9 Å². The van der Waals surface area contributed by atoms with E-state index >= 15 is 0 Å². The van der Waals surface area contributed by atoms with Crippen LogP contribution < -0.4 is 5.32 Å². The van der Waals surface area contributed by atoms with Gasteiger partial charge in [-0.05, 0) is 18.1 Å². The second kappa shape index (κ2) is 7.85. The summed E-state index contributed by atoms with van der Waals surface area (Å²) in [4.78, 5) is 58.4. The van der Waals surface area contributed by atoms with Crippen molar-refractivity contribution in [3.05, 3.63) is 40.2 Å². The number of nitrogens with zero attached hydrogens (tertiary/aromatic N) is 3. The number of imide groups is 1. The van der Waals surface area contributed by atoms with E-state index in [2.05, 4.69) is 15.3 Å². The molecule has 1 N–H and O–H groups in total. The first-order chi connectivity index (χ1) is 13.3. The van der Waals surface area contributed by atoms with Gasteiger partial charge in [0.2, 0.25) is 5.91 Å². The molecule has 2 aromatic rings. The van der Waals surface area contributed by atoms with Crippen LogP contribution in [-0.2, 0) is 9.53 Å². The lowest BCUT2D eigenvalue weighted by molar-refractivity contribution is -0.116. The van der Waals surface area contributed by atoms with Crippen molar-refractivity contribution in [3.63, 3.8) is 0 Å². The molecule has 3 heterocycles. The maximum atomic E-state index is 12.3. The van der Waals surface area contributed by atoms with Crippen molar-refractivity contribution in [2.24, 2.45) is 0 Å². The van der Waals surface area contributed by atoms with Crippen molar-refractivity contribution in [1.82, 2.24) is 14.9 Å².